The summed E-state index contributed by atoms with van der Waals surface area (Å²) in [5.74, 6) is 1.42. The molecule has 1 N–H and O–H groups in total. The van der Waals surface area contributed by atoms with E-state index in [0.29, 0.717) is 22.4 Å². The van der Waals surface area contributed by atoms with Crippen molar-refractivity contribution in [1.82, 2.24) is 10.2 Å². The molecule has 2 aromatic rings. The van der Waals surface area contributed by atoms with Crippen molar-refractivity contribution in [1.29, 1.82) is 0 Å². The first-order valence-electron chi connectivity index (χ1n) is 9.24. The maximum Gasteiger partial charge on any atom is 0.161 e. The lowest BCUT2D eigenvalue weighted by molar-refractivity contribution is 0.284. The largest absolute Gasteiger partial charge is 0.493 e. The summed E-state index contributed by atoms with van der Waals surface area (Å²) in [6.45, 7) is 9.73. The minimum Gasteiger partial charge on any atom is -0.493 e. The Hall–Kier alpha value is -0.880. The molecule has 0 amide bonds. The highest BCUT2D eigenvalue weighted by atomic mass is 35.5. The lowest BCUT2D eigenvalue weighted by atomic mass is 10.2. The van der Waals surface area contributed by atoms with Gasteiger partial charge < -0.3 is 19.7 Å². The summed E-state index contributed by atoms with van der Waals surface area (Å²) >= 11 is 12.0. The second-order valence-electron chi connectivity index (χ2n) is 6.23. The number of methoxy groups -OCH3 is 1. The van der Waals surface area contributed by atoms with Gasteiger partial charge in [0.25, 0.3) is 0 Å². The molecule has 0 spiro atoms. The molecule has 0 atom stereocenters. The Morgan fingerprint density at radius 3 is 2.21 bits per heavy atom. The monoisotopic (exact) mass is 482 g/mol. The predicted molar refractivity (Wildman–Crippen MR) is 128 cm³/mol. The first-order chi connectivity index (χ1) is 13.1. The smallest absolute Gasteiger partial charge is 0.161 e. The van der Waals surface area contributed by atoms with Gasteiger partial charge in [0.2, 0.25) is 0 Å². The van der Waals surface area contributed by atoms with E-state index < -0.39 is 0 Å². The summed E-state index contributed by atoms with van der Waals surface area (Å²) in [6, 6.07) is 11.5. The molecule has 0 radical (unpaired) electrons. The Kier molecular flexibility index (Phi) is 14.5. The van der Waals surface area contributed by atoms with Crippen LogP contribution in [0.3, 0.4) is 0 Å². The van der Waals surface area contributed by atoms with Gasteiger partial charge in [-0.05, 0) is 48.5 Å². The number of halogens is 4. The van der Waals surface area contributed by atoms with Crippen LogP contribution in [0.5, 0.6) is 11.5 Å². The van der Waals surface area contributed by atoms with Crippen LogP contribution in [0.2, 0.25) is 10.0 Å². The standard InChI is InChI=1S/C21H28Cl2N2O2.2ClH/c1-4-25(5-2)11-10-24-14-16-7-9-20(21(13-16)26-3)27-15-17-6-8-18(22)19(23)12-17;;/h6-9,12-13,24H,4-5,10-11,14-15H2,1-3H3;2*1H. The van der Waals surface area contributed by atoms with Crippen LogP contribution in [-0.2, 0) is 13.2 Å². The van der Waals surface area contributed by atoms with E-state index in [1.165, 1.54) is 0 Å². The van der Waals surface area contributed by atoms with E-state index in [2.05, 4.69) is 30.1 Å². The van der Waals surface area contributed by atoms with Gasteiger partial charge in [-0.15, -0.1) is 24.8 Å². The summed E-state index contributed by atoms with van der Waals surface area (Å²) in [7, 11) is 1.65. The van der Waals surface area contributed by atoms with Crippen molar-refractivity contribution in [2.24, 2.45) is 0 Å². The summed E-state index contributed by atoms with van der Waals surface area (Å²) in [5, 5.41) is 4.54. The lowest BCUT2D eigenvalue weighted by Gasteiger charge is -2.18. The van der Waals surface area contributed by atoms with E-state index in [1.807, 2.05) is 24.3 Å². The third kappa shape index (κ3) is 9.20. The maximum absolute atomic E-state index is 6.05. The van der Waals surface area contributed by atoms with Crippen LogP contribution in [0, 0.1) is 0 Å². The van der Waals surface area contributed by atoms with E-state index >= 15 is 0 Å². The number of hydrogen-bond donors (Lipinski definition) is 1. The Morgan fingerprint density at radius 2 is 1.59 bits per heavy atom. The lowest BCUT2D eigenvalue weighted by Crippen LogP contribution is -2.31. The molecule has 0 fully saturated rings. The number of rotatable bonds is 11. The Balaban J connectivity index is 0.00000392. The minimum atomic E-state index is 0. The summed E-state index contributed by atoms with van der Waals surface area (Å²) < 4.78 is 11.4. The normalized spacial score (nSPS) is 10.3. The highest BCUT2D eigenvalue weighted by Gasteiger charge is 2.08. The van der Waals surface area contributed by atoms with Crippen LogP contribution in [0.15, 0.2) is 36.4 Å². The number of nitrogens with zero attached hydrogens (tertiary/aromatic N) is 1. The highest BCUT2D eigenvalue weighted by molar-refractivity contribution is 6.42. The number of benzene rings is 2. The van der Waals surface area contributed by atoms with Crippen molar-refractivity contribution >= 4 is 48.0 Å². The number of ether oxygens (including phenoxy) is 2. The van der Waals surface area contributed by atoms with Gasteiger partial charge >= 0.3 is 0 Å². The maximum atomic E-state index is 6.05. The zero-order valence-corrected chi connectivity index (χ0v) is 20.2. The van der Waals surface area contributed by atoms with Gasteiger partial charge in [0.05, 0.1) is 17.2 Å². The fraction of sp³-hybridized carbons (Fsp3) is 0.429. The van der Waals surface area contributed by atoms with Gasteiger partial charge in [0, 0.05) is 19.6 Å². The SMILES string of the molecule is CCN(CC)CCNCc1ccc(OCc2ccc(Cl)c(Cl)c2)c(OC)c1.Cl.Cl. The molecular weight excluding hydrogens is 454 g/mol. The zero-order valence-electron chi connectivity index (χ0n) is 17.0. The van der Waals surface area contributed by atoms with E-state index in [9.17, 15) is 0 Å². The fourth-order valence-electron chi connectivity index (χ4n) is 2.74. The zero-order chi connectivity index (χ0) is 19.6. The van der Waals surface area contributed by atoms with Gasteiger partial charge in [0.15, 0.2) is 11.5 Å². The molecule has 164 valence electrons. The predicted octanol–water partition coefficient (Wildman–Crippen LogP) is 5.86. The third-order valence-electron chi connectivity index (χ3n) is 4.43. The van der Waals surface area contributed by atoms with E-state index in [4.69, 9.17) is 32.7 Å². The van der Waals surface area contributed by atoms with Crippen molar-refractivity contribution in [2.75, 3.05) is 33.3 Å². The summed E-state index contributed by atoms with van der Waals surface area (Å²) in [6.07, 6.45) is 0. The van der Waals surface area contributed by atoms with Crippen LogP contribution in [0.4, 0.5) is 0 Å². The summed E-state index contributed by atoms with van der Waals surface area (Å²) in [5.41, 5.74) is 2.11. The molecule has 0 unspecified atom stereocenters. The van der Waals surface area contributed by atoms with Crippen molar-refractivity contribution in [2.45, 2.75) is 27.0 Å². The van der Waals surface area contributed by atoms with Crippen LogP contribution in [0.1, 0.15) is 25.0 Å². The molecule has 0 aliphatic rings. The van der Waals surface area contributed by atoms with Crippen LogP contribution in [0.25, 0.3) is 0 Å². The van der Waals surface area contributed by atoms with Crippen molar-refractivity contribution < 1.29 is 9.47 Å². The third-order valence-corrected chi connectivity index (χ3v) is 5.17. The molecule has 4 nitrogen and oxygen atoms in total. The van der Waals surface area contributed by atoms with Gasteiger partial charge in [-0.2, -0.15) is 0 Å². The Morgan fingerprint density at radius 1 is 0.897 bits per heavy atom. The van der Waals surface area contributed by atoms with Gasteiger partial charge in [-0.3, -0.25) is 0 Å². The average Bonchev–Trinajstić information content (AvgIpc) is 2.69. The average molecular weight is 484 g/mol. The second-order valence-corrected chi connectivity index (χ2v) is 7.04. The van der Waals surface area contributed by atoms with Crippen LogP contribution < -0.4 is 14.8 Å². The molecule has 0 heterocycles. The second kappa shape index (κ2) is 15.0. The highest BCUT2D eigenvalue weighted by Crippen LogP contribution is 2.29. The fourth-order valence-corrected chi connectivity index (χ4v) is 3.06. The molecule has 0 aliphatic carbocycles. The Labute approximate surface area is 196 Å². The van der Waals surface area contributed by atoms with Crippen molar-refractivity contribution in [3.8, 4) is 11.5 Å². The van der Waals surface area contributed by atoms with Crippen molar-refractivity contribution in [3.05, 3.63) is 57.6 Å². The molecule has 8 heteroatoms. The molecule has 0 saturated heterocycles. The summed E-state index contributed by atoms with van der Waals surface area (Å²) in [4.78, 5) is 2.40. The first-order valence-corrected chi connectivity index (χ1v) is 9.99. The molecule has 0 aromatic heterocycles. The minimum absolute atomic E-state index is 0. The van der Waals surface area contributed by atoms with Crippen LogP contribution >= 0.6 is 48.0 Å². The van der Waals surface area contributed by atoms with Gasteiger partial charge in [0.1, 0.15) is 6.61 Å². The van der Waals surface area contributed by atoms with E-state index in [0.717, 1.165) is 49.6 Å². The van der Waals surface area contributed by atoms with Gasteiger partial charge in [-0.1, -0.05) is 49.2 Å². The molecule has 29 heavy (non-hydrogen) atoms. The molecule has 0 bridgehead atoms. The molecule has 2 aromatic carbocycles. The van der Waals surface area contributed by atoms with Crippen molar-refractivity contribution in [3.63, 3.8) is 0 Å². The quantitative estimate of drug-likeness (QED) is 0.406. The van der Waals surface area contributed by atoms with Crippen LogP contribution in [-0.4, -0.2) is 38.2 Å². The van der Waals surface area contributed by atoms with Gasteiger partial charge in [-0.25, -0.2) is 0 Å². The Bertz CT molecular complexity index is 728. The number of nitrogens with one attached hydrogen (secondary N) is 1. The molecule has 0 saturated carbocycles. The topological polar surface area (TPSA) is 33.7 Å². The molecule has 2 rings (SSSR count). The molecular formula is C21H30Cl4N2O2. The molecule has 0 aliphatic heterocycles. The van der Waals surface area contributed by atoms with E-state index in [-0.39, 0.29) is 24.8 Å². The first kappa shape index (κ1) is 28.1. The van der Waals surface area contributed by atoms with E-state index in [1.54, 1.807) is 13.2 Å². The number of likely N-dealkylation sites (N-methyl/N-ethyl adjacent to an activating group) is 1. The number of hydrogen-bond acceptors (Lipinski definition) is 4.